The lowest BCUT2D eigenvalue weighted by Crippen LogP contribution is -2.11. The zero-order valence-electron chi connectivity index (χ0n) is 8.29. The van der Waals surface area contributed by atoms with Crippen molar-refractivity contribution >= 4 is 11.7 Å². The lowest BCUT2D eigenvalue weighted by Gasteiger charge is -2.08. The first kappa shape index (κ1) is 11.5. The summed E-state index contributed by atoms with van der Waals surface area (Å²) in [6.07, 6.45) is 0. The number of carboxylic acids is 1. The number of anilines is 1. The summed E-state index contributed by atoms with van der Waals surface area (Å²) in [5.41, 5.74) is 0.312. The average molecular weight is 213 g/mol. The number of carbonyl (C=O) groups is 1. The van der Waals surface area contributed by atoms with Gasteiger partial charge in [0.25, 0.3) is 0 Å². The third-order valence-corrected chi connectivity index (χ3v) is 1.83. The predicted octanol–water partition coefficient (Wildman–Crippen LogP) is 1.58. The quantitative estimate of drug-likeness (QED) is 0.729. The van der Waals surface area contributed by atoms with E-state index >= 15 is 0 Å². The molecule has 0 saturated heterocycles. The van der Waals surface area contributed by atoms with Crippen molar-refractivity contribution in [1.82, 2.24) is 0 Å². The molecule has 2 N–H and O–H groups in total. The lowest BCUT2D eigenvalue weighted by atomic mass is 10.1. The first-order valence-corrected chi connectivity index (χ1v) is 4.41. The molecule has 0 unspecified atom stereocenters. The van der Waals surface area contributed by atoms with Crippen LogP contribution in [0.5, 0.6) is 0 Å². The molecule has 1 aromatic rings. The number of nitrogens with one attached hydrogen (secondary N) is 1. The number of halogens is 1. The minimum absolute atomic E-state index is 0.0777. The Kier molecular flexibility index (Phi) is 4.05. The normalized spacial score (nSPS) is 10.0. The van der Waals surface area contributed by atoms with E-state index in [4.69, 9.17) is 9.84 Å². The molecule has 82 valence electrons. The van der Waals surface area contributed by atoms with Gasteiger partial charge in [0.05, 0.1) is 12.2 Å². The van der Waals surface area contributed by atoms with Crippen LogP contribution in [-0.4, -0.2) is 31.3 Å². The summed E-state index contributed by atoms with van der Waals surface area (Å²) < 4.78 is 17.6. The van der Waals surface area contributed by atoms with Crippen LogP contribution in [0, 0.1) is 5.82 Å². The molecule has 0 atom stereocenters. The van der Waals surface area contributed by atoms with Gasteiger partial charge >= 0.3 is 5.97 Å². The van der Waals surface area contributed by atoms with Gasteiger partial charge in [-0.3, -0.25) is 0 Å². The fourth-order valence-electron chi connectivity index (χ4n) is 1.14. The summed E-state index contributed by atoms with van der Waals surface area (Å²) in [6.45, 7) is 0.929. The zero-order chi connectivity index (χ0) is 11.3. The second-order valence-corrected chi connectivity index (χ2v) is 2.91. The molecule has 0 aliphatic heterocycles. The van der Waals surface area contributed by atoms with E-state index < -0.39 is 11.8 Å². The van der Waals surface area contributed by atoms with E-state index in [-0.39, 0.29) is 5.56 Å². The van der Waals surface area contributed by atoms with Gasteiger partial charge < -0.3 is 15.2 Å². The van der Waals surface area contributed by atoms with Crippen LogP contribution in [0.4, 0.5) is 10.1 Å². The Morgan fingerprint density at radius 3 is 2.93 bits per heavy atom. The molecule has 0 spiro atoms. The molecule has 5 heteroatoms. The van der Waals surface area contributed by atoms with Crippen LogP contribution in [0.2, 0.25) is 0 Å². The highest BCUT2D eigenvalue weighted by atomic mass is 19.1. The molecule has 0 aliphatic rings. The van der Waals surface area contributed by atoms with Crippen molar-refractivity contribution in [1.29, 1.82) is 0 Å². The Hall–Kier alpha value is -1.62. The molecule has 15 heavy (non-hydrogen) atoms. The van der Waals surface area contributed by atoms with E-state index in [0.29, 0.717) is 18.8 Å². The maximum absolute atomic E-state index is 12.8. The number of ether oxygens (including phenoxy) is 1. The number of hydrogen-bond acceptors (Lipinski definition) is 3. The molecular formula is C10H12FNO3. The molecule has 0 bridgehead atoms. The van der Waals surface area contributed by atoms with Gasteiger partial charge in [-0.2, -0.15) is 0 Å². The lowest BCUT2D eigenvalue weighted by molar-refractivity contribution is 0.0697. The van der Waals surface area contributed by atoms with Gasteiger partial charge in [0, 0.05) is 19.3 Å². The molecule has 1 rings (SSSR count). The summed E-state index contributed by atoms with van der Waals surface area (Å²) >= 11 is 0. The third-order valence-electron chi connectivity index (χ3n) is 1.83. The maximum Gasteiger partial charge on any atom is 0.337 e. The Morgan fingerprint density at radius 1 is 1.60 bits per heavy atom. The van der Waals surface area contributed by atoms with E-state index in [9.17, 15) is 9.18 Å². The Balaban J connectivity index is 2.81. The number of carboxylic acid groups (broad SMARTS) is 1. The summed E-state index contributed by atoms with van der Waals surface area (Å²) in [6, 6.07) is 3.59. The number of aromatic carboxylic acids is 1. The summed E-state index contributed by atoms with van der Waals surface area (Å²) in [5, 5.41) is 11.7. The largest absolute Gasteiger partial charge is 0.478 e. The minimum Gasteiger partial charge on any atom is -0.478 e. The van der Waals surface area contributed by atoms with Crippen molar-refractivity contribution in [3.05, 3.63) is 29.6 Å². The molecular weight excluding hydrogens is 201 g/mol. The van der Waals surface area contributed by atoms with Gasteiger partial charge in [-0.25, -0.2) is 9.18 Å². The molecule has 0 fully saturated rings. The van der Waals surface area contributed by atoms with Gasteiger partial charge in [0.2, 0.25) is 0 Å². The number of benzene rings is 1. The molecule has 0 heterocycles. The van der Waals surface area contributed by atoms with Crippen LogP contribution in [0.1, 0.15) is 10.4 Å². The zero-order valence-corrected chi connectivity index (χ0v) is 8.29. The second-order valence-electron chi connectivity index (χ2n) is 2.91. The SMILES string of the molecule is COCCNc1ccc(F)cc1C(=O)O. The number of methoxy groups -OCH3 is 1. The van der Waals surface area contributed by atoms with Gasteiger partial charge in [-0.15, -0.1) is 0 Å². The molecule has 0 amide bonds. The van der Waals surface area contributed by atoms with E-state index in [1.165, 1.54) is 12.1 Å². The van der Waals surface area contributed by atoms with Crippen LogP contribution in [0.15, 0.2) is 18.2 Å². The van der Waals surface area contributed by atoms with Crippen molar-refractivity contribution < 1.29 is 19.0 Å². The second kappa shape index (κ2) is 5.31. The predicted molar refractivity (Wildman–Crippen MR) is 53.7 cm³/mol. The molecule has 0 aliphatic carbocycles. The molecule has 4 nitrogen and oxygen atoms in total. The van der Waals surface area contributed by atoms with Crippen molar-refractivity contribution in [3.8, 4) is 0 Å². The van der Waals surface area contributed by atoms with E-state index in [1.807, 2.05) is 0 Å². The average Bonchev–Trinajstić information content (AvgIpc) is 2.20. The smallest absolute Gasteiger partial charge is 0.337 e. The molecule has 1 aromatic carbocycles. The van der Waals surface area contributed by atoms with Crippen LogP contribution < -0.4 is 5.32 Å². The number of hydrogen-bond donors (Lipinski definition) is 2. The van der Waals surface area contributed by atoms with Crippen LogP contribution >= 0.6 is 0 Å². The molecule has 0 aromatic heterocycles. The Labute approximate surface area is 86.7 Å². The monoisotopic (exact) mass is 213 g/mol. The van der Waals surface area contributed by atoms with Crippen molar-refractivity contribution in [2.24, 2.45) is 0 Å². The Morgan fingerprint density at radius 2 is 2.33 bits per heavy atom. The van der Waals surface area contributed by atoms with Crippen molar-refractivity contribution in [3.63, 3.8) is 0 Å². The highest BCUT2D eigenvalue weighted by Crippen LogP contribution is 2.16. The van der Waals surface area contributed by atoms with Crippen LogP contribution in [0.25, 0.3) is 0 Å². The van der Waals surface area contributed by atoms with Gasteiger partial charge in [0.15, 0.2) is 0 Å². The van der Waals surface area contributed by atoms with Crippen molar-refractivity contribution in [2.45, 2.75) is 0 Å². The van der Waals surface area contributed by atoms with Gasteiger partial charge in [0.1, 0.15) is 5.82 Å². The summed E-state index contributed by atoms with van der Waals surface area (Å²) in [7, 11) is 1.55. The fourth-order valence-corrected chi connectivity index (χ4v) is 1.14. The first-order chi connectivity index (χ1) is 7.15. The first-order valence-electron chi connectivity index (χ1n) is 4.41. The summed E-state index contributed by atoms with van der Waals surface area (Å²) in [5.74, 6) is -1.72. The fraction of sp³-hybridized carbons (Fsp3) is 0.300. The van der Waals surface area contributed by atoms with E-state index in [1.54, 1.807) is 7.11 Å². The summed E-state index contributed by atoms with van der Waals surface area (Å²) in [4.78, 5) is 10.8. The van der Waals surface area contributed by atoms with E-state index in [0.717, 1.165) is 6.07 Å². The van der Waals surface area contributed by atoms with Crippen LogP contribution in [-0.2, 0) is 4.74 Å². The highest BCUT2D eigenvalue weighted by molar-refractivity contribution is 5.94. The molecule has 0 radical (unpaired) electrons. The Bertz CT molecular complexity index is 355. The maximum atomic E-state index is 12.8. The standard InChI is InChI=1S/C10H12FNO3/c1-15-5-4-12-9-3-2-7(11)6-8(9)10(13)14/h2-3,6,12H,4-5H2,1H3,(H,13,14). The van der Waals surface area contributed by atoms with E-state index in [2.05, 4.69) is 5.32 Å². The van der Waals surface area contributed by atoms with Crippen LogP contribution in [0.3, 0.4) is 0 Å². The third kappa shape index (κ3) is 3.21. The topological polar surface area (TPSA) is 58.6 Å². The minimum atomic E-state index is -1.16. The number of rotatable bonds is 5. The highest BCUT2D eigenvalue weighted by Gasteiger charge is 2.10. The molecule has 0 saturated carbocycles. The van der Waals surface area contributed by atoms with Gasteiger partial charge in [-0.05, 0) is 18.2 Å². The van der Waals surface area contributed by atoms with Crippen molar-refractivity contribution in [2.75, 3.05) is 25.6 Å². The van der Waals surface area contributed by atoms with Gasteiger partial charge in [-0.1, -0.05) is 0 Å².